The molecule has 3 aromatic rings. The van der Waals surface area contributed by atoms with Gasteiger partial charge in [0.25, 0.3) is 5.91 Å². The van der Waals surface area contributed by atoms with Crippen LogP contribution in [-0.2, 0) is 13.0 Å². The van der Waals surface area contributed by atoms with Gasteiger partial charge >= 0.3 is 0 Å². The van der Waals surface area contributed by atoms with Crippen molar-refractivity contribution in [1.29, 1.82) is 0 Å². The number of aromatic nitrogens is 1. The van der Waals surface area contributed by atoms with Gasteiger partial charge in [0, 0.05) is 18.0 Å². The number of carbonyl (C=O) groups excluding carboxylic acids is 1. The highest BCUT2D eigenvalue weighted by molar-refractivity contribution is 6.00. The third-order valence-corrected chi connectivity index (χ3v) is 4.97. The first-order valence-electron chi connectivity index (χ1n) is 10.2. The Balaban J connectivity index is 1.78. The molecule has 148 valence electrons. The van der Waals surface area contributed by atoms with Crippen LogP contribution < -0.4 is 10.1 Å². The zero-order chi connectivity index (χ0) is 19.9. The number of amides is 1. The van der Waals surface area contributed by atoms with E-state index in [1.54, 1.807) is 0 Å². The molecule has 3 rings (SSSR count). The number of nitrogens with zero attached hydrogens (tertiary/aromatic N) is 1. The third kappa shape index (κ3) is 4.56. The van der Waals surface area contributed by atoms with E-state index >= 15 is 0 Å². The summed E-state index contributed by atoms with van der Waals surface area (Å²) in [4.78, 5) is 13.0. The topological polar surface area (TPSA) is 43.3 Å². The maximum Gasteiger partial charge on any atom is 0.268 e. The number of fused-ring (bicyclic) bond motifs is 1. The zero-order valence-corrected chi connectivity index (χ0v) is 17.1. The fraction of sp³-hybridized carbons (Fsp3) is 0.375. The van der Waals surface area contributed by atoms with Gasteiger partial charge in [-0.25, -0.2) is 0 Å². The van der Waals surface area contributed by atoms with Gasteiger partial charge in [-0.15, -0.1) is 0 Å². The minimum Gasteiger partial charge on any atom is -0.493 e. The Morgan fingerprint density at radius 2 is 1.89 bits per heavy atom. The number of rotatable bonds is 9. The molecule has 0 bridgehead atoms. The van der Waals surface area contributed by atoms with E-state index in [9.17, 15) is 4.79 Å². The Morgan fingerprint density at radius 1 is 1.11 bits per heavy atom. The van der Waals surface area contributed by atoms with Crippen LogP contribution in [0, 0.1) is 0 Å². The maximum absolute atomic E-state index is 13.0. The second-order valence-corrected chi connectivity index (χ2v) is 7.20. The van der Waals surface area contributed by atoms with Gasteiger partial charge in [0.05, 0.1) is 12.1 Å². The highest BCUT2D eigenvalue weighted by Crippen LogP contribution is 2.29. The lowest BCUT2D eigenvalue weighted by Gasteiger charge is -2.15. The lowest BCUT2D eigenvalue weighted by molar-refractivity contribution is 0.0929. The summed E-state index contributed by atoms with van der Waals surface area (Å²) < 4.78 is 7.88. The van der Waals surface area contributed by atoms with E-state index in [2.05, 4.69) is 54.1 Å². The first-order valence-corrected chi connectivity index (χ1v) is 10.2. The molecule has 0 spiro atoms. The van der Waals surface area contributed by atoms with Gasteiger partial charge in [0.1, 0.15) is 11.4 Å². The van der Waals surface area contributed by atoms with E-state index in [1.807, 2.05) is 31.2 Å². The molecular weight excluding hydrogens is 348 g/mol. The van der Waals surface area contributed by atoms with Crippen molar-refractivity contribution >= 4 is 16.8 Å². The van der Waals surface area contributed by atoms with Gasteiger partial charge < -0.3 is 14.6 Å². The molecule has 1 aromatic heterocycles. The molecule has 1 amide bonds. The van der Waals surface area contributed by atoms with Crippen molar-refractivity contribution in [3.05, 3.63) is 65.9 Å². The standard InChI is InChI=1S/C24H30N2O2/c1-4-16-26-21-12-9-13-23(28-5-2)20(21)17-22(26)24(27)25-18(3)14-15-19-10-7-6-8-11-19/h6-13,17-18H,4-5,14-16H2,1-3H3,(H,25,27). The molecule has 1 atom stereocenters. The van der Waals surface area contributed by atoms with Crippen LogP contribution in [0.2, 0.25) is 0 Å². The van der Waals surface area contributed by atoms with E-state index in [0.717, 1.165) is 42.5 Å². The van der Waals surface area contributed by atoms with Gasteiger partial charge in [0.15, 0.2) is 0 Å². The van der Waals surface area contributed by atoms with Crippen LogP contribution in [-0.4, -0.2) is 23.1 Å². The van der Waals surface area contributed by atoms with E-state index in [-0.39, 0.29) is 11.9 Å². The first-order chi connectivity index (χ1) is 13.6. The van der Waals surface area contributed by atoms with Crippen molar-refractivity contribution in [3.8, 4) is 5.75 Å². The number of ether oxygens (including phenoxy) is 1. The Hall–Kier alpha value is -2.75. The van der Waals surface area contributed by atoms with Crippen LogP contribution >= 0.6 is 0 Å². The number of carbonyl (C=O) groups is 1. The zero-order valence-electron chi connectivity index (χ0n) is 17.1. The van der Waals surface area contributed by atoms with E-state index in [0.29, 0.717) is 12.3 Å². The summed E-state index contributed by atoms with van der Waals surface area (Å²) in [6, 6.07) is 18.5. The largest absolute Gasteiger partial charge is 0.493 e. The second-order valence-electron chi connectivity index (χ2n) is 7.20. The summed E-state index contributed by atoms with van der Waals surface area (Å²) in [6.45, 7) is 7.59. The van der Waals surface area contributed by atoms with Crippen LogP contribution in [0.3, 0.4) is 0 Å². The molecular formula is C24H30N2O2. The molecule has 0 saturated carbocycles. The molecule has 28 heavy (non-hydrogen) atoms. The summed E-state index contributed by atoms with van der Waals surface area (Å²) in [6.07, 6.45) is 2.83. The van der Waals surface area contributed by atoms with Crippen molar-refractivity contribution in [3.63, 3.8) is 0 Å². The average molecular weight is 379 g/mol. The van der Waals surface area contributed by atoms with Crippen molar-refractivity contribution in [2.75, 3.05) is 6.61 Å². The van der Waals surface area contributed by atoms with E-state index < -0.39 is 0 Å². The van der Waals surface area contributed by atoms with Crippen molar-refractivity contribution in [2.45, 2.75) is 52.6 Å². The van der Waals surface area contributed by atoms with Gasteiger partial charge in [0.2, 0.25) is 0 Å². The fourth-order valence-electron chi connectivity index (χ4n) is 3.59. The van der Waals surface area contributed by atoms with Gasteiger partial charge in [-0.05, 0) is 56.9 Å². The van der Waals surface area contributed by atoms with Gasteiger partial charge in [-0.3, -0.25) is 4.79 Å². The molecule has 0 radical (unpaired) electrons. The van der Waals surface area contributed by atoms with Crippen molar-refractivity contribution in [1.82, 2.24) is 9.88 Å². The highest BCUT2D eigenvalue weighted by Gasteiger charge is 2.19. The molecule has 1 unspecified atom stereocenters. The second kappa shape index (κ2) is 9.45. The number of hydrogen-bond acceptors (Lipinski definition) is 2. The lowest BCUT2D eigenvalue weighted by atomic mass is 10.1. The van der Waals surface area contributed by atoms with Crippen LogP contribution in [0.25, 0.3) is 10.9 Å². The van der Waals surface area contributed by atoms with Gasteiger partial charge in [-0.2, -0.15) is 0 Å². The van der Waals surface area contributed by atoms with Gasteiger partial charge in [-0.1, -0.05) is 43.3 Å². The SMILES string of the molecule is CCCn1c(C(=O)NC(C)CCc2ccccc2)cc2c(OCC)cccc21. The predicted molar refractivity (Wildman–Crippen MR) is 115 cm³/mol. The smallest absolute Gasteiger partial charge is 0.268 e. The molecule has 0 aliphatic heterocycles. The minimum atomic E-state index is -0.0207. The molecule has 4 nitrogen and oxygen atoms in total. The van der Waals surface area contributed by atoms with Crippen molar-refractivity contribution < 1.29 is 9.53 Å². The molecule has 0 fully saturated rings. The lowest BCUT2D eigenvalue weighted by Crippen LogP contribution is -2.34. The quantitative estimate of drug-likeness (QED) is 0.556. The number of aryl methyl sites for hydroxylation is 2. The summed E-state index contributed by atoms with van der Waals surface area (Å²) in [5.41, 5.74) is 3.05. The molecule has 4 heteroatoms. The highest BCUT2D eigenvalue weighted by atomic mass is 16.5. The third-order valence-electron chi connectivity index (χ3n) is 4.97. The first kappa shape index (κ1) is 20.0. The Kier molecular flexibility index (Phi) is 6.75. The number of benzene rings is 2. The average Bonchev–Trinajstić information content (AvgIpc) is 3.08. The maximum atomic E-state index is 13.0. The van der Waals surface area contributed by atoms with Crippen LogP contribution in [0.5, 0.6) is 5.75 Å². The summed E-state index contributed by atoms with van der Waals surface area (Å²) in [5.74, 6) is 0.814. The molecule has 0 aliphatic rings. The normalized spacial score (nSPS) is 12.1. The van der Waals surface area contributed by atoms with Crippen LogP contribution in [0.15, 0.2) is 54.6 Å². The van der Waals surface area contributed by atoms with E-state index in [4.69, 9.17) is 4.74 Å². The van der Waals surface area contributed by atoms with E-state index in [1.165, 1.54) is 5.56 Å². The molecule has 1 N–H and O–H groups in total. The molecule has 1 heterocycles. The molecule has 2 aromatic carbocycles. The van der Waals surface area contributed by atoms with Crippen LogP contribution in [0.1, 0.15) is 49.7 Å². The fourth-order valence-corrected chi connectivity index (χ4v) is 3.59. The minimum absolute atomic E-state index is 0.0207. The number of hydrogen-bond donors (Lipinski definition) is 1. The number of nitrogens with one attached hydrogen (secondary N) is 1. The predicted octanol–water partition coefficient (Wildman–Crippen LogP) is 5.20. The Labute approximate surface area is 167 Å². The summed E-state index contributed by atoms with van der Waals surface area (Å²) in [7, 11) is 0. The summed E-state index contributed by atoms with van der Waals surface area (Å²) >= 11 is 0. The molecule has 0 saturated heterocycles. The summed E-state index contributed by atoms with van der Waals surface area (Å²) in [5, 5.41) is 4.18. The molecule has 0 aliphatic carbocycles. The van der Waals surface area contributed by atoms with Crippen LogP contribution in [0.4, 0.5) is 0 Å². The Bertz CT molecular complexity index is 915. The monoisotopic (exact) mass is 378 g/mol. The van der Waals surface area contributed by atoms with Crippen molar-refractivity contribution in [2.24, 2.45) is 0 Å². The Morgan fingerprint density at radius 3 is 2.61 bits per heavy atom.